The first-order chi connectivity index (χ1) is 29.9. The van der Waals surface area contributed by atoms with Gasteiger partial charge in [-0.05, 0) is 53.1 Å². The number of hydrogen-bond donors (Lipinski definition) is 15. The van der Waals surface area contributed by atoms with Crippen LogP contribution in [0.1, 0.15) is 74.7 Å². The fourth-order valence-electron chi connectivity index (χ4n) is 8.93. The number of phenols is 12. The van der Waals surface area contributed by atoms with Crippen molar-refractivity contribution in [3.63, 3.8) is 0 Å². The van der Waals surface area contributed by atoms with Crippen LogP contribution < -0.4 is 14.2 Å². The molecule has 15 N–H and O–H groups in total. The van der Waals surface area contributed by atoms with Crippen LogP contribution in [0.3, 0.4) is 0 Å². The summed E-state index contributed by atoms with van der Waals surface area (Å²) in [6.07, 6.45) is -9.81. The summed E-state index contributed by atoms with van der Waals surface area (Å²) in [6, 6.07) is 14.6. The Labute approximate surface area is 354 Å². The molecule has 0 bridgehead atoms. The molecule has 9 rings (SSSR count). The molecule has 6 aromatic carbocycles. The number of ether oxygens (including phenoxy) is 3. The Morgan fingerprint density at radius 3 is 1.37 bits per heavy atom. The van der Waals surface area contributed by atoms with E-state index in [1.165, 1.54) is 18.2 Å². The van der Waals surface area contributed by atoms with Crippen molar-refractivity contribution in [1.29, 1.82) is 0 Å². The van der Waals surface area contributed by atoms with E-state index in [-0.39, 0.29) is 62.6 Å². The smallest absolute Gasteiger partial charge is 0.157 e. The standard InChI is InChI=1S/C45H38O18/c46-18-10-27(54)33-31(11-18)61-43(16-2-5-21(48)25(52)8-16)40(59)37(33)34-29(56)14-32-36(39(34)58)38(41(60)44(62-32)17-3-6-22(49)26(53)9-17)35-28(55)13-23(50)19-12-30(57)42(63-45(19)35)15-1-4-20(47)24(51)7-15/h1-11,13-14,30,37-38,40-44,46-60H,12H2/t30-,37+,38+,40+,41-,42-,43-,44-/m1/s1. The Morgan fingerprint density at radius 1 is 0.381 bits per heavy atom. The fourth-order valence-corrected chi connectivity index (χ4v) is 8.93. The molecule has 6 aromatic rings. The van der Waals surface area contributed by atoms with E-state index in [0.29, 0.717) is 0 Å². The maximum Gasteiger partial charge on any atom is 0.157 e. The Kier molecular flexibility index (Phi) is 9.46. The third kappa shape index (κ3) is 6.46. The second kappa shape index (κ2) is 14.7. The van der Waals surface area contributed by atoms with Gasteiger partial charge < -0.3 is 90.8 Å². The average molecular weight is 867 g/mol. The van der Waals surface area contributed by atoms with Crippen molar-refractivity contribution in [1.82, 2.24) is 0 Å². The summed E-state index contributed by atoms with van der Waals surface area (Å²) >= 11 is 0. The van der Waals surface area contributed by atoms with Crippen molar-refractivity contribution in [2.75, 3.05) is 0 Å². The lowest BCUT2D eigenvalue weighted by atomic mass is 9.74. The summed E-state index contributed by atoms with van der Waals surface area (Å²) in [4.78, 5) is 0. The first kappa shape index (κ1) is 40.6. The van der Waals surface area contributed by atoms with Gasteiger partial charge >= 0.3 is 0 Å². The van der Waals surface area contributed by atoms with Gasteiger partial charge in [-0.1, -0.05) is 18.2 Å². The molecule has 0 amide bonds. The van der Waals surface area contributed by atoms with Crippen LogP contribution in [0, 0.1) is 0 Å². The zero-order chi connectivity index (χ0) is 44.9. The van der Waals surface area contributed by atoms with Crippen molar-refractivity contribution >= 4 is 0 Å². The Bertz CT molecular complexity index is 2840. The number of benzene rings is 6. The molecular formula is C45H38O18. The van der Waals surface area contributed by atoms with Crippen molar-refractivity contribution in [2.24, 2.45) is 0 Å². The lowest BCUT2D eigenvalue weighted by molar-refractivity contribution is -0.000173. The molecule has 0 saturated heterocycles. The lowest BCUT2D eigenvalue weighted by Crippen LogP contribution is -2.38. The molecule has 0 aromatic heterocycles. The summed E-state index contributed by atoms with van der Waals surface area (Å²) in [5, 5.41) is 166. The molecule has 0 unspecified atom stereocenters. The highest BCUT2D eigenvalue weighted by atomic mass is 16.5. The number of aliphatic hydroxyl groups is 3. The largest absolute Gasteiger partial charge is 0.508 e. The minimum absolute atomic E-state index is 0.0518. The molecule has 0 spiro atoms. The van der Waals surface area contributed by atoms with Gasteiger partial charge in [0.15, 0.2) is 46.7 Å². The molecule has 18 nitrogen and oxygen atoms in total. The minimum Gasteiger partial charge on any atom is -0.508 e. The summed E-state index contributed by atoms with van der Waals surface area (Å²) in [5.41, 5.74) is -1.20. The number of rotatable bonds is 5. The minimum atomic E-state index is -1.90. The average Bonchev–Trinajstić information content (AvgIpc) is 3.22. The zero-order valence-electron chi connectivity index (χ0n) is 32.3. The van der Waals surface area contributed by atoms with Gasteiger partial charge in [0.2, 0.25) is 0 Å². The summed E-state index contributed by atoms with van der Waals surface area (Å²) in [6.45, 7) is 0. The van der Waals surface area contributed by atoms with Gasteiger partial charge in [0.1, 0.15) is 70.1 Å². The van der Waals surface area contributed by atoms with Crippen LogP contribution >= 0.6 is 0 Å². The zero-order valence-corrected chi connectivity index (χ0v) is 32.3. The van der Waals surface area contributed by atoms with Gasteiger partial charge in [0.25, 0.3) is 0 Å². The molecule has 0 saturated carbocycles. The third-order valence-corrected chi connectivity index (χ3v) is 11.8. The van der Waals surface area contributed by atoms with E-state index in [0.717, 1.165) is 60.7 Å². The molecule has 0 radical (unpaired) electrons. The van der Waals surface area contributed by atoms with E-state index in [1.54, 1.807) is 0 Å². The van der Waals surface area contributed by atoms with Crippen molar-refractivity contribution < 1.29 is 90.8 Å². The highest BCUT2D eigenvalue weighted by Gasteiger charge is 2.50. The lowest BCUT2D eigenvalue weighted by Gasteiger charge is -2.42. The predicted molar refractivity (Wildman–Crippen MR) is 214 cm³/mol. The molecule has 3 aliphatic rings. The van der Waals surface area contributed by atoms with Crippen LogP contribution in [0.2, 0.25) is 0 Å². The van der Waals surface area contributed by atoms with Gasteiger partial charge in [-0.15, -0.1) is 0 Å². The second-order valence-electron chi connectivity index (χ2n) is 15.7. The number of aromatic hydroxyl groups is 12. The molecule has 8 atom stereocenters. The first-order valence-corrected chi connectivity index (χ1v) is 19.3. The van der Waals surface area contributed by atoms with Crippen LogP contribution in [0.4, 0.5) is 0 Å². The normalized spacial score (nSPS) is 23.6. The van der Waals surface area contributed by atoms with E-state index < -0.39 is 123 Å². The van der Waals surface area contributed by atoms with E-state index in [1.807, 2.05) is 0 Å². The van der Waals surface area contributed by atoms with E-state index >= 15 is 0 Å². The van der Waals surface area contributed by atoms with Crippen molar-refractivity contribution in [2.45, 2.75) is 54.9 Å². The van der Waals surface area contributed by atoms with Gasteiger partial charge in [-0.2, -0.15) is 0 Å². The molecule has 63 heavy (non-hydrogen) atoms. The maximum absolute atomic E-state index is 12.6. The second-order valence-corrected chi connectivity index (χ2v) is 15.7. The molecule has 326 valence electrons. The van der Waals surface area contributed by atoms with Crippen LogP contribution in [0.25, 0.3) is 0 Å². The Hall–Kier alpha value is -7.80. The van der Waals surface area contributed by atoms with Gasteiger partial charge in [-0.25, -0.2) is 0 Å². The van der Waals surface area contributed by atoms with Crippen LogP contribution in [-0.2, 0) is 6.42 Å². The Morgan fingerprint density at radius 2 is 0.841 bits per heavy atom. The van der Waals surface area contributed by atoms with Crippen LogP contribution in [0.5, 0.6) is 86.2 Å². The van der Waals surface area contributed by atoms with E-state index in [9.17, 15) is 76.6 Å². The third-order valence-electron chi connectivity index (χ3n) is 11.8. The van der Waals surface area contributed by atoms with Gasteiger partial charge in [0.05, 0.1) is 17.9 Å². The number of hydrogen-bond acceptors (Lipinski definition) is 18. The van der Waals surface area contributed by atoms with Gasteiger partial charge in [0, 0.05) is 58.5 Å². The molecule has 3 aliphatic heterocycles. The number of aliphatic hydroxyl groups excluding tert-OH is 3. The number of fused-ring (bicyclic) bond motifs is 3. The van der Waals surface area contributed by atoms with Crippen molar-refractivity contribution in [3.8, 4) is 86.2 Å². The fraction of sp³-hybridized carbons (Fsp3) is 0.200. The summed E-state index contributed by atoms with van der Waals surface area (Å²) in [5.74, 6) is -11.5. The topological polar surface area (TPSA) is 331 Å². The highest BCUT2D eigenvalue weighted by Crippen LogP contribution is 2.61. The molecule has 0 aliphatic carbocycles. The highest BCUT2D eigenvalue weighted by molar-refractivity contribution is 5.70. The van der Waals surface area contributed by atoms with E-state index in [4.69, 9.17) is 14.2 Å². The monoisotopic (exact) mass is 866 g/mol. The molecule has 0 fully saturated rings. The number of phenolic OH excluding ortho intramolecular Hbond substituents is 12. The molecular weight excluding hydrogens is 828 g/mol. The SMILES string of the molecule is Oc1cc(O)c2c(c1)O[C@H](c1ccc(O)c(O)c1)[C@@H](O)[C@@H]2c1c(O)cc2c(c1O)[C@H](c1c(O)cc(O)c3c1O[C@H](c1ccc(O)c(O)c1)[C@H](O)C3)[C@@H](O)[C@@H](c1ccc(O)c(O)c1)O2. The van der Waals surface area contributed by atoms with Crippen LogP contribution in [-0.4, -0.2) is 94.9 Å². The predicted octanol–water partition coefficient (Wildman–Crippen LogP) is 4.44. The summed E-state index contributed by atoms with van der Waals surface area (Å²) in [7, 11) is 0. The Balaban J connectivity index is 1.29. The quantitative estimate of drug-likeness (QED) is 0.106. The van der Waals surface area contributed by atoms with E-state index in [2.05, 4.69) is 0 Å². The van der Waals surface area contributed by atoms with Crippen molar-refractivity contribution in [3.05, 3.63) is 123 Å². The molecule has 3 heterocycles. The maximum atomic E-state index is 12.6. The summed E-state index contributed by atoms with van der Waals surface area (Å²) < 4.78 is 18.6. The molecule has 18 heteroatoms. The first-order valence-electron chi connectivity index (χ1n) is 19.3. The van der Waals surface area contributed by atoms with Crippen LogP contribution in [0.15, 0.2) is 78.9 Å². The van der Waals surface area contributed by atoms with Gasteiger partial charge in [-0.3, -0.25) is 0 Å².